The molecule has 0 bridgehead atoms. The van der Waals surface area contributed by atoms with E-state index in [2.05, 4.69) is 0 Å². The highest BCUT2D eigenvalue weighted by Gasteiger charge is 2.57. The number of carbonyl (C=O) groups is 2. The predicted octanol–water partition coefficient (Wildman–Crippen LogP) is 3.80. The van der Waals surface area contributed by atoms with Crippen LogP contribution in [0.2, 0.25) is 0 Å². The summed E-state index contributed by atoms with van der Waals surface area (Å²) in [5.41, 5.74) is 2.21. The van der Waals surface area contributed by atoms with Crippen LogP contribution >= 0.6 is 0 Å². The van der Waals surface area contributed by atoms with E-state index in [1.165, 1.54) is 11.1 Å². The van der Waals surface area contributed by atoms with Gasteiger partial charge in [0.2, 0.25) is 5.76 Å². The van der Waals surface area contributed by atoms with Crippen molar-refractivity contribution in [3.8, 4) is 5.75 Å². The number of phenols is 1. The molecule has 2 fully saturated rings. The van der Waals surface area contributed by atoms with Gasteiger partial charge in [-0.3, -0.25) is 4.79 Å². The summed E-state index contributed by atoms with van der Waals surface area (Å²) in [7, 11) is 0. The molecule has 0 saturated heterocycles. The van der Waals surface area contributed by atoms with E-state index >= 15 is 0 Å². The first-order valence-corrected chi connectivity index (χ1v) is 9.82. The summed E-state index contributed by atoms with van der Waals surface area (Å²) in [5, 5.41) is 20.1. The molecule has 4 rings (SSSR count). The minimum Gasteiger partial charge on any atom is -0.508 e. The maximum Gasteiger partial charge on any atom is 0.373 e. The van der Waals surface area contributed by atoms with E-state index in [4.69, 9.17) is 4.74 Å². The highest BCUT2D eigenvalue weighted by atomic mass is 16.5. The second kappa shape index (κ2) is 6.39. The molecule has 0 heterocycles. The fraction of sp³-hybridized carbons (Fsp3) is 0.545. The number of phenolic OH excluding ortho intramolecular Hbond substituents is 1. The van der Waals surface area contributed by atoms with E-state index in [-0.39, 0.29) is 23.9 Å². The van der Waals surface area contributed by atoms with Gasteiger partial charge < -0.3 is 14.9 Å². The summed E-state index contributed by atoms with van der Waals surface area (Å²) in [5.74, 6) is -0.264. The highest BCUT2D eigenvalue weighted by molar-refractivity contribution is 6.07. The molecule has 3 aliphatic rings. The van der Waals surface area contributed by atoms with Gasteiger partial charge in [0.25, 0.3) is 0 Å². The van der Waals surface area contributed by atoms with Gasteiger partial charge in [-0.2, -0.15) is 0 Å². The third kappa shape index (κ3) is 2.67. The third-order valence-corrected chi connectivity index (χ3v) is 7.07. The number of aromatic hydroxyl groups is 1. The molecule has 5 nitrogen and oxygen atoms in total. The van der Waals surface area contributed by atoms with Crippen LogP contribution in [0.25, 0.3) is 0 Å². The number of hydrogen-bond donors (Lipinski definition) is 2. The van der Waals surface area contributed by atoms with Crippen LogP contribution in [0.4, 0.5) is 0 Å². The zero-order chi connectivity index (χ0) is 19.3. The molecular weight excluding hydrogens is 344 g/mol. The van der Waals surface area contributed by atoms with Crippen LogP contribution in [0, 0.1) is 17.3 Å². The van der Waals surface area contributed by atoms with E-state index in [1.807, 2.05) is 19.1 Å². The Morgan fingerprint density at radius 3 is 2.85 bits per heavy atom. The fourth-order valence-electron chi connectivity index (χ4n) is 5.73. The zero-order valence-electron chi connectivity index (χ0n) is 15.8. The Bertz CT molecular complexity index is 839. The van der Waals surface area contributed by atoms with E-state index in [9.17, 15) is 19.8 Å². The molecule has 0 spiro atoms. The summed E-state index contributed by atoms with van der Waals surface area (Å²) in [6, 6.07) is 5.62. The van der Waals surface area contributed by atoms with Crippen LogP contribution in [0.5, 0.6) is 5.75 Å². The number of rotatable bonds is 2. The van der Waals surface area contributed by atoms with Gasteiger partial charge in [0.05, 0.1) is 6.61 Å². The number of carbonyl (C=O) groups excluding carboxylic acids is 2. The summed E-state index contributed by atoms with van der Waals surface area (Å²) in [6.07, 6.45) is 3.94. The van der Waals surface area contributed by atoms with E-state index in [0.29, 0.717) is 24.0 Å². The van der Waals surface area contributed by atoms with Crippen molar-refractivity contribution in [1.29, 1.82) is 0 Å². The lowest BCUT2D eigenvalue weighted by atomic mass is 9.55. The Morgan fingerprint density at radius 1 is 1.33 bits per heavy atom. The van der Waals surface area contributed by atoms with Crippen LogP contribution in [0.3, 0.4) is 0 Å². The number of aryl methyl sites for hydroxylation is 1. The largest absolute Gasteiger partial charge is 0.508 e. The van der Waals surface area contributed by atoms with Gasteiger partial charge in [-0.1, -0.05) is 13.0 Å². The number of Topliss-reactive ketones (excluding diaryl/α,β-unsaturated/α-hetero) is 1. The molecule has 1 aromatic rings. The smallest absolute Gasteiger partial charge is 0.373 e. The maximum absolute atomic E-state index is 13.1. The minimum absolute atomic E-state index is 0.0898. The quantitative estimate of drug-likeness (QED) is 0.470. The lowest BCUT2D eigenvalue weighted by molar-refractivity contribution is -0.142. The average molecular weight is 370 g/mol. The first-order chi connectivity index (χ1) is 12.9. The first-order valence-electron chi connectivity index (χ1n) is 9.82. The molecule has 2 saturated carbocycles. The molecule has 0 aromatic heterocycles. The van der Waals surface area contributed by atoms with Crippen LogP contribution in [0.15, 0.2) is 29.5 Å². The Hall–Kier alpha value is -2.30. The summed E-state index contributed by atoms with van der Waals surface area (Å²) >= 11 is 0. The summed E-state index contributed by atoms with van der Waals surface area (Å²) in [4.78, 5) is 25.1. The molecule has 0 aliphatic heterocycles. The van der Waals surface area contributed by atoms with Gasteiger partial charge in [0.1, 0.15) is 5.75 Å². The molecule has 0 radical (unpaired) electrons. The Kier molecular flexibility index (Phi) is 4.28. The van der Waals surface area contributed by atoms with Crippen molar-refractivity contribution in [2.75, 3.05) is 6.61 Å². The molecular formula is C22H26O5. The maximum atomic E-state index is 13.1. The second-order valence-electron chi connectivity index (χ2n) is 8.34. The number of aliphatic hydroxyl groups is 1. The van der Waals surface area contributed by atoms with Gasteiger partial charge in [-0.25, -0.2) is 4.79 Å². The van der Waals surface area contributed by atoms with Crippen molar-refractivity contribution in [3.05, 3.63) is 40.7 Å². The van der Waals surface area contributed by atoms with E-state index < -0.39 is 17.1 Å². The van der Waals surface area contributed by atoms with Crippen molar-refractivity contribution in [2.45, 2.75) is 51.9 Å². The van der Waals surface area contributed by atoms with E-state index in [0.717, 1.165) is 25.7 Å². The van der Waals surface area contributed by atoms with Crippen LogP contribution in [-0.4, -0.2) is 28.6 Å². The summed E-state index contributed by atoms with van der Waals surface area (Å²) in [6.45, 7) is 3.84. The number of ketones is 1. The van der Waals surface area contributed by atoms with Crippen LogP contribution < -0.4 is 0 Å². The number of allylic oxidation sites excluding steroid dienone is 1. The van der Waals surface area contributed by atoms with Crippen LogP contribution in [0.1, 0.15) is 56.6 Å². The van der Waals surface area contributed by atoms with Crippen molar-refractivity contribution in [1.82, 2.24) is 0 Å². The Balaban J connectivity index is 1.69. The normalized spacial score (nSPS) is 33.7. The highest BCUT2D eigenvalue weighted by Crippen LogP contribution is 2.61. The van der Waals surface area contributed by atoms with Crippen molar-refractivity contribution in [3.63, 3.8) is 0 Å². The van der Waals surface area contributed by atoms with Crippen molar-refractivity contribution >= 4 is 11.8 Å². The number of ether oxygens (including phenoxy) is 1. The van der Waals surface area contributed by atoms with Crippen LogP contribution in [-0.2, 0) is 20.7 Å². The molecule has 4 unspecified atom stereocenters. The number of aliphatic hydroxyl groups excluding tert-OH is 1. The van der Waals surface area contributed by atoms with Crippen molar-refractivity contribution in [2.24, 2.45) is 17.3 Å². The topological polar surface area (TPSA) is 83.8 Å². The third-order valence-electron chi connectivity index (χ3n) is 7.07. The lowest BCUT2D eigenvalue weighted by Crippen LogP contribution is -2.42. The molecule has 27 heavy (non-hydrogen) atoms. The van der Waals surface area contributed by atoms with Gasteiger partial charge >= 0.3 is 5.97 Å². The Labute approximate surface area is 159 Å². The first kappa shape index (κ1) is 18.1. The molecule has 3 aliphatic carbocycles. The molecule has 2 N–H and O–H groups in total. The Morgan fingerprint density at radius 2 is 2.11 bits per heavy atom. The predicted molar refractivity (Wildman–Crippen MR) is 99.4 cm³/mol. The summed E-state index contributed by atoms with van der Waals surface area (Å²) < 4.78 is 4.89. The lowest BCUT2D eigenvalue weighted by Gasteiger charge is -2.48. The standard InChI is InChI=1S/C22H26O5/c1-3-27-21(26)19(24)17-11-18-16-6-4-12-10-13(23)5-7-14(12)15(16)8-9-22(18,2)20(17)25/h5,7,10,15-16,18,23-24H,3-4,6,8-9,11H2,1-2H3/b19-17+. The zero-order valence-corrected chi connectivity index (χ0v) is 15.8. The molecule has 1 aromatic carbocycles. The monoisotopic (exact) mass is 370 g/mol. The van der Waals surface area contributed by atoms with Crippen molar-refractivity contribution < 1.29 is 24.5 Å². The SMILES string of the molecule is CCOC(=O)/C(O)=C1/CC2C3CCc4cc(O)ccc4C3CCC2(C)C1=O. The van der Waals surface area contributed by atoms with Gasteiger partial charge in [-0.15, -0.1) is 0 Å². The number of hydrogen-bond acceptors (Lipinski definition) is 5. The fourth-order valence-corrected chi connectivity index (χ4v) is 5.73. The molecule has 144 valence electrons. The molecule has 4 atom stereocenters. The number of esters is 1. The second-order valence-corrected chi connectivity index (χ2v) is 8.34. The minimum atomic E-state index is -0.802. The van der Waals surface area contributed by atoms with Gasteiger partial charge in [0, 0.05) is 11.0 Å². The van der Waals surface area contributed by atoms with E-state index in [1.54, 1.807) is 13.0 Å². The van der Waals surface area contributed by atoms with Gasteiger partial charge in [0.15, 0.2) is 5.78 Å². The molecule has 5 heteroatoms. The average Bonchev–Trinajstić information content (AvgIpc) is 2.92. The number of fused-ring (bicyclic) bond motifs is 5. The molecule has 0 amide bonds. The van der Waals surface area contributed by atoms with Gasteiger partial charge in [-0.05, 0) is 80.0 Å². The number of benzene rings is 1.